The van der Waals surface area contributed by atoms with E-state index in [2.05, 4.69) is 6.92 Å². The van der Waals surface area contributed by atoms with Gasteiger partial charge in [-0.2, -0.15) is 0 Å². The molecule has 0 aliphatic carbocycles. The molecule has 0 aromatic heterocycles. The average Bonchev–Trinajstić information content (AvgIpc) is 2.59. The third-order valence-corrected chi connectivity index (χ3v) is 3.99. The van der Waals surface area contributed by atoms with Crippen molar-refractivity contribution in [3.63, 3.8) is 0 Å². The maximum Gasteiger partial charge on any atom is 0.338 e. The van der Waals surface area contributed by atoms with Crippen molar-refractivity contribution >= 4 is 11.9 Å². The molecule has 1 aliphatic heterocycles. The number of likely N-dealkylation sites (tertiary alicyclic amines) is 1. The van der Waals surface area contributed by atoms with Crippen LogP contribution in [0.2, 0.25) is 0 Å². The van der Waals surface area contributed by atoms with Crippen LogP contribution in [0.15, 0.2) is 24.3 Å². The summed E-state index contributed by atoms with van der Waals surface area (Å²) in [5.74, 6) is -0.254. The molecular formula is C18H25NO3. The highest BCUT2D eigenvalue weighted by Gasteiger charge is 2.18. The number of amides is 1. The summed E-state index contributed by atoms with van der Waals surface area (Å²) in [4.78, 5) is 26.1. The van der Waals surface area contributed by atoms with Gasteiger partial charge in [0.15, 0.2) is 0 Å². The largest absolute Gasteiger partial charge is 0.462 e. The molecule has 4 heteroatoms. The molecule has 0 spiro atoms. The number of piperidine rings is 1. The van der Waals surface area contributed by atoms with Gasteiger partial charge in [-0.3, -0.25) is 4.79 Å². The highest BCUT2D eigenvalue weighted by molar-refractivity contribution is 5.96. The van der Waals surface area contributed by atoms with E-state index in [0.717, 1.165) is 45.2 Å². The average molecular weight is 303 g/mol. The second-order valence-corrected chi connectivity index (χ2v) is 5.77. The fourth-order valence-electron chi connectivity index (χ4n) is 2.63. The van der Waals surface area contributed by atoms with Crippen molar-refractivity contribution in [1.29, 1.82) is 0 Å². The van der Waals surface area contributed by atoms with Crippen LogP contribution in [0.3, 0.4) is 0 Å². The number of esters is 1. The molecule has 0 radical (unpaired) electrons. The Morgan fingerprint density at radius 1 is 1.00 bits per heavy atom. The Balaban J connectivity index is 1.89. The third-order valence-electron chi connectivity index (χ3n) is 3.99. The first-order valence-corrected chi connectivity index (χ1v) is 8.29. The number of ether oxygens (including phenoxy) is 1. The summed E-state index contributed by atoms with van der Waals surface area (Å²) < 4.78 is 5.21. The Morgan fingerprint density at radius 2 is 1.64 bits per heavy atom. The molecule has 22 heavy (non-hydrogen) atoms. The van der Waals surface area contributed by atoms with Crippen LogP contribution in [-0.2, 0) is 4.74 Å². The molecule has 4 nitrogen and oxygen atoms in total. The van der Waals surface area contributed by atoms with E-state index in [4.69, 9.17) is 4.74 Å². The molecule has 120 valence electrons. The maximum atomic E-state index is 12.3. The van der Waals surface area contributed by atoms with Gasteiger partial charge in [0.1, 0.15) is 0 Å². The van der Waals surface area contributed by atoms with Gasteiger partial charge in [0.05, 0.1) is 12.2 Å². The first kappa shape index (κ1) is 16.5. The van der Waals surface area contributed by atoms with Crippen LogP contribution in [-0.4, -0.2) is 36.5 Å². The molecule has 0 N–H and O–H groups in total. The van der Waals surface area contributed by atoms with Crippen LogP contribution in [0.5, 0.6) is 0 Å². The Morgan fingerprint density at radius 3 is 2.27 bits per heavy atom. The molecule has 0 saturated carbocycles. The Bertz CT molecular complexity index is 490. The lowest BCUT2D eigenvalue weighted by Gasteiger charge is -2.26. The van der Waals surface area contributed by atoms with E-state index in [1.165, 1.54) is 6.42 Å². The van der Waals surface area contributed by atoms with Gasteiger partial charge in [-0.1, -0.05) is 19.8 Å². The Hall–Kier alpha value is -1.84. The molecule has 1 aromatic carbocycles. The van der Waals surface area contributed by atoms with Crippen molar-refractivity contribution in [3.05, 3.63) is 35.4 Å². The number of rotatable bonds is 6. The topological polar surface area (TPSA) is 46.6 Å². The van der Waals surface area contributed by atoms with E-state index >= 15 is 0 Å². The van der Waals surface area contributed by atoms with E-state index in [1.54, 1.807) is 24.3 Å². The van der Waals surface area contributed by atoms with Crippen LogP contribution in [0, 0.1) is 0 Å². The monoisotopic (exact) mass is 303 g/mol. The van der Waals surface area contributed by atoms with Crippen LogP contribution < -0.4 is 0 Å². The second-order valence-electron chi connectivity index (χ2n) is 5.77. The van der Waals surface area contributed by atoms with Crippen LogP contribution in [0.4, 0.5) is 0 Å². The zero-order valence-corrected chi connectivity index (χ0v) is 13.3. The van der Waals surface area contributed by atoms with Crippen LogP contribution in [0.25, 0.3) is 0 Å². The molecule has 1 aromatic rings. The number of unbranched alkanes of at least 4 members (excludes halogenated alkanes) is 2. The van der Waals surface area contributed by atoms with Gasteiger partial charge < -0.3 is 9.64 Å². The number of carbonyl (C=O) groups excluding carboxylic acids is 2. The van der Waals surface area contributed by atoms with Gasteiger partial charge in [0.2, 0.25) is 0 Å². The lowest BCUT2D eigenvalue weighted by molar-refractivity contribution is 0.0497. The summed E-state index contributed by atoms with van der Waals surface area (Å²) in [6.45, 7) is 4.24. The Kier molecular flexibility index (Phi) is 6.44. The van der Waals surface area contributed by atoms with Crippen molar-refractivity contribution < 1.29 is 14.3 Å². The van der Waals surface area contributed by atoms with Gasteiger partial charge >= 0.3 is 5.97 Å². The van der Waals surface area contributed by atoms with E-state index in [-0.39, 0.29) is 11.9 Å². The van der Waals surface area contributed by atoms with Gasteiger partial charge in [-0.25, -0.2) is 4.79 Å². The first-order chi connectivity index (χ1) is 10.7. The number of carbonyl (C=O) groups is 2. The zero-order valence-electron chi connectivity index (χ0n) is 13.3. The molecule has 1 fully saturated rings. The van der Waals surface area contributed by atoms with Gasteiger partial charge in [0, 0.05) is 18.7 Å². The van der Waals surface area contributed by atoms with Crippen molar-refractivity contribution in [2.45, 2.75) is 45.4 Å². The number of benzene rings is 1. The standard InChI is InChI=1S/C18H25NO3/c1-2-3-7-14-22-18(21)16-10-8-15(9-11-16)17(20)19-12-5-4-6-13-19/h8-11H,2-7,12-14H2,1H3. The van der Waals surface area contributed by atoms with Crippen molar-refractivity contribution in [3.8, 4) is 0 Å². The highest BCUT2D eigenvalue weighted by Crippen LogP contribution is 2.14. The smallest absolute Gasteiger partial charge is 0.338 e. The number of hydrogen-bond acceptors (Lipinski definition) is 3. The second kappa shape index (κ2) is 8.57. The summed E-state index contributed by atoms with van der Waals surface area (Å²) in [6.07, 6.45) is 6.42. The summed E-state index contributed by atoms with van der Waals surface area (Å²) in [7, 11) is 0. The van der Waals surface area contributed by atoms with E-state index in [1.807, 2.05) is 4.90 Å². The maximum absolute atomic E-state index is 12.3. The molecule has 0 unspecified atom stereocenters. The lowest BCUT2D eigenvalue weighted by Crippen LogP contribution is -2.35. The van der Waals surface area contributed by atoms with Gasteiger partial charge in [-0.05, 0) is 49.9 Å². The molecule has 2 rings (SSSR count). The van der Waals surface area contributed by atoms with E-state index < -0.39 is 0 Å². The minimum Gasteiger partial charge on any atom is -0.462 e. The summed E-state index contributed by atoms with van der Waals surface area (Å²) in [5.41, 5.74) is 1.15. The SMILES string of the molecule is CCCCCOC(=O)c1ccc(C(=O)N2CCCCC2)cc1. The third kappa shape index (κ3) is 4.58. The van der Waals surface area contributed by atoms with Gasteiger partial charge in [-0.15, -0.1) is 0 Å². The minimum atomic E-state index is -0.312. The Labute approximate surface area is 132 Å². The van der Waals surface area contributed by atoms with Crippen molar-refractivity contribution in [2.24, 2.45) is 0 Å². The van der Waals surface area contributed by atoms with E-state index in [9.17, 15) is 9.59 Å². The predicted octanol–water partition coefficient (Wildman–Crippen LogP) is 3.66. The predicted molar refractivity (Wildman–Crippen MR) is 86.0 cm³/mol. The molecule has 1 amide bonds. The fraction of sp³-hybridized carbons (Fsp3) is 0.556. The zero-order chi connectivity index (χ0) is 15.8. The van der Waals surface area contributed by atoms with E-state index in [0.29, 0.717) is 17.7 Å². The summed E-state index contributed by atoms with van der Waals surface area (Å²) in [5, 5.41) is 0. The minimum absolute atomic E-state index is 0.0579. The lowest BCUT2D eigenvalue weighted by atomic mass is 10.1. The van der Waals surface area contributed by atoms with Crippen molar-refractivity contribution in [2.75, 3.05) is 19.7 Å². The first-order valence-electron chi connectivity index (χ1n) is 8.29. The molecular weight excluding hydrogens is 278 g/mol. The van der Waals surface area contributed by atoms with Crippen LogP contribution >= 0.6 is 0 Å². The molecule has 0 bridgehead atoms. The molecule has 1 aliphatic rings. The van der Waals surface area contributed by atoms with Crippen LogP contribution in [0.1, 0.15) is 66.2 Å². The van der Waals surface area contributed by atoms with Gasteiger partial charge in [0.25, 0.3) is 5.91 Å². The van der Waals surface area contributed by atoms with Crippen molar-refractivity contribution in [1.82, 2.24) is 4.90 Å². The number of nitrogens with zero attached hydrogens (tertiary/aromatic N) is 1. The quantitative estimate of drug-likeness (QED) is 0.595. The molecule has 0 atom stereocenters. The number of hydrogen-bond donors (Lipinski definition) is 0. The molecule has 1 heterocycles. The highest BCUT2D eigenvalue weighted by atomic mass is 16.5. The fourth-order valence-corrected chi connectivity index (χ4v) is 2.63. The normalized spacial score (nSPS) is 14.7. The molecule has 1 saturated heterocycles. The summed E-state index contributed by atoms with van der Waals surface area (Å²) >= 11 is 0. The summed E-state index contributed by atoms with van der Waals surface area (Å²) in [6, 6.07) is 6.80.